The molecule has 0 aliphatic heterocycles. The van der Waals surface area contributed by atoms with Gasteiger partial charge in [-0.05, 0) is 32.1 Å². The van der Waals surface area contributed by atoms with Gasteiger partial charge < -0.3 is 5.11 Å². The summed E-state index contributed by atoms with van der Waals surface area (Å²) in [5.74, 6) is 0.492. The Kier molecular flexibility index (Phi) is 3.54. The third-order valence-electron chi connectivity index (χ3n) is 3.17. The molecule has 2 atom stereocenters. The van der Waals surface area contributed by atoms with Crippen molar-refractivity contribution < 1.29 is 5.11 Å². The van der Waals surface area contributed by atoms with E-state index in [0.717, 1.165) is 0 Å². The van der Waals surface area contributed by atoms with Gasteiger partial charge in [0.2, 0.25) is 0 Å². The number of hydrogen-bond acceptors (Lipinski definition) is 1. The maximum absolute atomic E-state index is 9.23. The lowest BCUT2D eigenvalue weighted by Crippen LogP contribution is -2.26. The molecule has 0 saturated carbocycles. The largest absolute Gasteiger partial charge is 0.389 e. The van der Waals surface area contributed by atoms with Crippen LogP contribution in [0.1, 0.15) is 40.5 Å². The summed E-state index contributed by atoms with van der Waals surface area (Å²) in [6, 6.07) is 0. The lowest BCUT2D eigenvalue weighted by molar-refractivity contribution is 0.234. The summed E-state index contributed by atoms with van der Waals surface area (Å²) in [5.41, 5.74) is 1.78. The highest BCUT2D eigenvalue weighted by Crippen LogP contribution is 2.41. The van der Waals surface area contributed by atoms with Crippen LogP contribution in [0, 0.1) is 11.3 Å². The Hall–Kier alpha value is -0.560. The van der Waals surface area contributed by atoms with Gasteiger partial charge >= 0.3 is 0 Å². The molecule has 0 amide bonds. The Labute approximate surface area is 87.5 Å². The van der Waals surface area contributed by atoms with E-state index in [2.05, 4.69) is 32.9 Å². The van der Waals surface area contributed by atoms with E-state index in [9.17, 15) is 5.11 Å². The second-order valence-corrected chi connectivity index (χ2v) is 5.08. The molecule has 14 heavy (non-hydrogen) atoms. The van der Waals surface area contributed by atoms with Crippen molar-refractivity contribution in [3.05, 3.63) is 23.8 Å². The Bertz CT molecular complexity index is 246. The van der Waals surface area contributed by atoms with Crippen molar-refractivity contribution >= 4 is 0 Å². The molecule has 80 valence electrons. The van der Waals surface area contributed by atoms with Crippen LogP contribution >= 0.6 is 0 Å². The maximum Gasteiger partial charge on any atom is 0.0692 e. The molecule has 0 aromatic rings. The first-order valence-corrected chi connectivity index (χ1v) is 5.46. The number of rotatable bonds is 2. The molecule has 0 bridgehead atoms. The molecule has 0 fully saturated rings. The average Bonchev–Trinajstić information content (AvgIpc) is 2.01. The molecule has 1 heteroatoms. The van der Waals surface area contributed by atoms with Crippen LogP contribution in [0.2, 0.25) is 0 Å². The molecule has 0 unspecified atom stereocenters. The van der Waals surface area contributed by atoms with Crippen molar-refractivity contribution in [3.63, 3.8) is 0 Å². The fraction of sp³-hybridized carbons (Fsp3) is 0.692. The van der Waals surface area contributed by atoms with Crippen LogP contribution in [0.4, 0.5) is 0 Å². The first kappa shape index (κ1) is 11.5. The molecule has 0 radical (unpaired) electrons. The second-order valence-electron chi connectivity index (χ2n) is 5.08. The zero-order chi connectivity index (χ0) is 10.8. The van der Waals surface area contributed by atoms with Gasteiger partial charge in [0.15, 0.2) is 0 Å². The third kappa shape index (κ3) is 2.71. The standard InChI is InChI=1S/C13H22O/c1-10-6-5-9-13(3,4)12(10)8-7-11(2)14/h6-8,11-12,14H,5,9H2,1-4H3/b8-7+/t11-,12+/m0/s1. The van der Waals surface area contributed by atoms with Gasteiger partial charge in [-0.1, -0.05) is 37.6 Å². The summed E-state index contributed by atoms with van der Waals surface area (Å²) in [7, 11) is 0. The van der Waals surface area contributed by atoms with Crippen LogP contribution in [0.15, 0.2) is 23.8 Å². The molecule has 1 aliphatic rings. The molecule has 0 saturated heterocycles. The topological polar surface area (TPSA) is 20.2 Å². The van der Waals surface area contributed by atoms with E-state index in [1.807, 2.05) is 6.08 Å². The van der Waals surface area contributed by atoms with Crippen LogP contribution in [0.5, 0.6) is 0 Å². The SMILES string of the molecule is CC1=CCCC(C)(C)[C@@H]1/C=C/[C@H](C)O. The summed E-state index contributed by atoms with van der Waals surface area (Å²) in [4.78, 5) is 0. The van der Waals surface area contributed by atoms with Crippen LogP contribution in [0.3, 0.4) is 0 Å². The van der Waals surface area contributed by atoms with Crippen molar-refractivity contribution in [2.45, 2.75) is 46.6 Å². The fourth-order valence-electron chi connectivity index (χ4n) is 2.25. The van der Waals surface area contributed by atoms with Gasteiger partial charge in [0.1, 0.15) is 0 Å². The Morgan fingerprint density at radius 1 is 1.57 bits per heavy atom. The predicted octanol–water partition coefficient (Wildman–Crippen LogP) is 3.31. The van der Waals surface area contributed by atoms with Crippen LogP contribution in [0.25, 0.3) is 0 Å². The molecule has 1 aliphatic carbocycles. The Morgan fingerprint density at radius 2 is 2.21 bits per heavy atom. The maximum atomic E-state index is 9.23. The minimum absolute atomic E-state index is 0.333. The molecular formula is C13H22O. The number of hydrogen-bond donors (Lipinski definition) is 1. The van der Waals surface area contributed by atoms with E-state index in [4.69, 9.17) is 0 Å². The first-order chi connectivity index (χ1) is 6.43. The first-order valence-electron chi connectivity index (χ1n) is 5.46. The van der Waals surface area contributed by atoms with Crippen LogP contribution in [-0.4, -0.2) is 11.2 Å². The van der Waals surface area contributed by atoms with E-state index in [1.54, 1.807) is 6.92 Å². The molecule has 0 heterocycles. The predicted molar refractivity (Wildman–Crippen MR) is 61.1 cm³/mol. The van der Waals surface area contributed by atoms with Gasteiger partial charge in [0.25, 0.3) is 0 Å². The van der Waals surface area contributed by atoms with Crippen LogP contribution < -0.4 is 0 Å². The normalized spacial score (nSPS) is 28.9. The minimum atomic E-state index is -0.333. The Balaban J connectivity index is 2.81. The minimum Gasteiger partial charge on any atom is -0.389 e. The lowest BCUT2D eigenvalue weighted by Gasteiger charge is -2.36. The molecule has 0 spiro atoms. The molecule has 1 rings (SSSR count). The van der Waals surface area contributed by atoms with Gasteiger partial charge in [-0.3, -0.25) is 0 Å². The van der Waals surface area contributed by atoms with E-state index >= 15 is 0 Å². The summed E-state index contributed by atoms with van der Waals surface area (Å²) < 4.78 is 0. The molecule has 0 aromatic carbocycles. The number of aliphatic hydroxyl groups is 1. The molecule has 1 N–H and O–H groups in total. The van der Waals surface area contributed by atoms with Crippen molar-refractivity contribution in [2.24, 2.45) is 11.3 Å². The quantitative estimate of drug-likeness (QED) is 0.669. The van der Waals surface area contributed by atoms with Gasteiger partial charge in [0.05, 0.1) is 6.10 Å². The lowest BCUT2D eigenvalue weighted by atomic mass is 9.68. The highest BCUT2D eigenvalue weighted by molar-refractivity contribution is 5.19. The summed E-state index contributed by atoms with van der Waals surface area (Å²) in [6.45, 7) is 8.60. The van der Waals surface area contributed by atoms with Crippen molar-refractivity contribution in [2.75, 3.05) is 0 Å². The fourth-order valence-corrected chi connectivity index (χ4v) is 2.25. The van der Waals surface area contributed by atoms with E-state index in [-0.39, 0.29) is 6.10 Å². The van der Waals surface area contributed by atoms with E-state index < -0.39 is 0 Å². The molecular weight excluding hydrogens is 172 g/mol. The van der Waals surface area contributed by atoms with Gasteiger partial charge in [-0.2, -0.15) is 0 Å². The number of allylic oxidation sites excluding steroid dienone is 3. The highest BCUT2D eigenvalue weighted by Gasteiger charge is 2.30. The van der Waals surface area contributed by atoms with Crippen molar-refractivity contribution in [3.8, 4) is 0 Å². The van der Waals surface area contributed by atoms with E-state index in [0.29, 0.717) is 11.3 Å². The smallest absolute Gasteiger partial charge is 0.0692 e. The van der Waals surface area contributed by atoms with Crippen molar-refractivity contribution in [1.82, 2.24) is 0 Å². The monoisotopic (exact) mass is 194 g/mol. The zero-order valence-electron chi connectivity index (χ0n) is 9.75. The Morgan fingerprint density at radius 3 is 2.71 bits per heavy atom. The summed E-state index contributed by atoms with van der Waals surface area (Å²) in [6.07, 6.45) is 8.48. The molecule has 1 nitrogen and oxygen atoms in total. The highest BCUT2D eigenvalue weighted by atomic mass is 16.3. The third-order valence-corrected chi connectivity index (χ3v) is 3.17. The van der Waals surface area contributed by atoms with Gasteiger partial charge in [-0.15, -0.1) is 0 Å². The van der Waals surface area contributed by atoms with Crippen LogP contribution in [-0.2, 0) is 0 Å². The summed E-state index contributed by atoms with van der Waals surface area (Å²) in [5, 5.41) is 9.23. The summed E-state index contributed by atoms with van der Waals surface area (Å²) >= 11 is 0. The van der Waals surface area contributed by atoms with Crippen molar-refractivity contribution in [1.29, 1.82) is 0 Å². The van der Waals surface area contributed by atoms with E-state index in [1.165, 1.54) is 18.4 Å². The number of aliphatic hydroxyl groups excluding tert-OH is 1. The van der Waals surface area contributed by atoms with Gasteiger partial charge in [0, 0.05) is 5.92 Å². The molecule has 0 aromatic heterocycles. The second kappa shape index (κ2) is 4.31. The van der Waals surface area contributed by atoms with Gasteiger partial charge in [-0.25, -0.2) is 0 Å². The zero-order valence-corrected chi connectivity index (χ0v) is 9.75. The average molecular weight is 194 g/mol.